The molecule has 1 heterocycles. The summed E-state index contributed by atoms with van der Waals surface area (Å²) in [6.07, 6.45) is 1.60. The number of primary amides is 1. The van der Waals surface area contributed by atoms with E-state index in [1.165, 1.54) is 4.90 Å². The standard InChI is InChI=1S/C32H43N5O8/c1-14(2)13-37-9-7-8-19(37)31(44)34-18-12-20(35(3)4)16-10-15-11-17-24(36(5)6)27(40)23(30(33)43)29(42)32(17,45)28(41)21(15)26(39)22(16)25(18)38/h12,14-15,17,19,21,23-24,38,45H,7-11,13H2,1-6H3,(H2,33,43)(H,34,44)/t15-,17-,19-,21?,23?,24-,32-/m0/s1. The number of Topliss-reactive ketones (excluding diaryl/α,β-unsaturated/α-hetero) is 4. The predicted octanol–water partition coefficient (Wildman–Crippen LogP) is -0.00810. The van der Waals surface area contributed by atoms with E-state index in [0.717, 1.165) is 19.5 Å². The van der Waals surface area contributed by atoms with Gasteiger partial charge in [0, 0.05) is 32.2 Å². The van der Waals surface area contributed by atoms with Crippen molar-refractivity contribution in [2.45, 2.75) is 57.2 Å². The highest BCUT2D eigenvalue weighted by Gasteiger charge is 2.69. The summed E-state index contributed by atoms with van der Waals surface area (Å²) in [7, 11) is 6.59. The number of hydrogen-bond acceptors (Lipinski definition) is 11. The van der Waals surface area contributed by atoms with Crippen LogP contribution in [0.3, 0.4) is 0 Å². The number of ketones is 4. The Bertz CT molecular complexity index is 1490. The van der Waals surface area contributed by atoms with Gasteiger partial charge in [0.25, 0.3) is 0 Å². The zero-order chi connectivity index (χ0) is 33.3. The van der Waals surface area contributed by atoms with E-state index in [2.05, 4.69) is 24.1 Å². The molecule has 0 radical (unpaired) electrons. The molecule has 1 aromatic carbocycles. The second-order valence-electron chi connectivity index (χ2n) is 13.9. The lowest BCUT2D eigenvalue weighted by atomic mass is 9.52. The Morgan fingerprint density at radius 3 is 2.38 bits per heavy atom. The van der Waals surface area contributed by atoms with Crippen LogP contribution in [0.5, 0.6) is 5.75 Å². The van der Waals surface area contributed by atoms with Crippen molar-refractivity contribution in [3.8, 4) is 5.75 Å². The molecule has 3 fully saturated rings. The summed E-state index contributed by atoms with van der Waals surface area (Å²) in [5.74, 6) is -11.2. The monoisotopic (exact) mass is 625 g/mol. The zero-order valence-electron chi connectivity index (χ0n) is 26.6. The molecular weight excluding hydrogens is 582 g/mol. The number of nitrogens with zero attached hydrogens (tertiary/aromatic N) is 3. The van der Waals surface area contributed by atoms with E-state index in [9.17, 15) is 39.0 Å². The van der Waals surface area contributed by atoms with Crippen LogP contribution in [0.1, 0.15) is 49.0 Å². The summed E-state index contributed by atoms with van der Waals surface area (Å²) < 4.78 is 0. The largest absolute Gasteiger partial charge is 0.505 e. The van der Waals surface area contributed by atoms with Crippen LogP contribution < -0.4 is 16.0 Å². The van der Waals surface area contributed by atoms with E-state index in [1.807, 2.05) is 0 Å². The van der Waals surface area contributed by atoms with Crippen molar-refractivity contribution < 1.29 is 39.0 Å². The first-order valence-electron chi connectivity index (χ1n) is 15.5. The van der Waals surface area contributed by atoms with Crippen LogP contribution in [0.4, 0.5) is 11.4 Å². The molecule has 0 aromatic heterocycles. The fourth-order valence-electron chi connectivity index (χ4n) is 8.17. The smallest absolute Gasteiger partial charge is 0.241 e. The maximum Gasteiger partial charge on any atom is 0.241 e. The number of carbonyl (C=O) groups excluding carboxylic acids is 6. The van der Waals surface area contributed by atoms with E-state index in [-0.39, 0.29) is 30.0 Å². The van der Waals surface area contributed by atoms with Crippen LogP contribution in [-0.4, -0.2) is 114 Å². The molecule has 0 bridgehead atoms. The Balaban J connectivity index is 1.56. The molecule has 244 valence electrons. The van der Waals surface area contributed by atoms with Gasteiger partial charge in [-0.2, -0.15) is 0 Å². The molecule has 3 aliphatic carbocycles. The highest BCUT2D eigenvalue weighted by atomic mass is 16.3. The van der Waals surface area contributed by atoms with E-state index in [1.54, 1.807) is 39.2 Å². The molecule has 2 saturated carbocycles. The Kier molecular flexibility index (Phi) is 8.43. The first-order chi connectivity index (χ1) is 21.0. The molecule has 0 spiro atoms. The van der Waals surface area contributed by atoms with Gasteiger partial charge in [-0.3, -0.25) is 38.6 Å². The predicted molar refractivity (Wildman–Crippen MR) is 164 cm³/mol. The molecule has 45 heavy (non-hydrogen) atoms. The van der Waals surface area contributed by atoms with Crippen molar-refractivity contribution in [2.75, 3.05) is 51.5 Å². The molecule has 1 aromatic rings. The molecule has 7 atom stereocenters. The summed E-state index contributed by atoms with van der Waals surface area (Å²) in [6, 6.07) is 0.0345. The number of benzene rings is 1. The van der Waals surface area contributed by atoms with E-state index >= 15 is 0 Å². The molecular formula is C32H43N5O8. The summed E-state index contributed by atoms with van der Waals surface area (Å²) in [5.41, 5.74) is 3.47. The van der Waals surface area contributed by atoms with Gasteiger partial charge in [0.2, 0.25) is 11.8 Å². The first kappa shape index (κ1) is 32.7. The molecule has 5 N–H and O–H groups in total. The van der Waals surface area contributed by atoms with Crippen LogP contribution in [0.2, 0.25) is 0 Å². The van der Waals surface area contributed by atoms with Crippen molar-refractivity contribution >= 4 is 46.3 Å². The van der Waals surface area contributed by atoms with Crippen molar-refractivity contribution in [2.24, 2.45) is 35.3 Å². The molecule has 13 nitrogen and oxygen atoms in total. The third kappa shape index (κ3) is 5.05. The van der Waals surface area contributed by atoms with Gasteiger partial charge < -0.3 is 26.2 Å². The Morgan fingerprint density at radius 2 is 1.80 bits per heavy atom. The maximum atomic E-state index is 14.2. The zero-order valence-corrected chi connectivity index (χ0v) is 26.6. The summed E-state index contributed by atoms with van der Waals surface area (Å²) >= 11 is 0. The first-order valence-corrected chi connectivity index (χ1v) is 15.5. The van der Waals surface area contributed by atoms with Gasteiger partial charge in [-0.25, -0.2) is 0 Å². The number of aliphatic hydroxyl groups is 1. The van der Waals surface area contributed by atoms with Crippen LogP contribution in [0, 0.1) is 29.6 Å². The lowest BCUT2D eigenvalue weighted by molar-refractivity contribution is -0.181. The lowest BCUT2D eigenvalue weighted by Gasteiger charge is -2.52. The number of fused-ring (bicyclic) bond motifs is 3. The Hall–Kier alpha value is -3.68. The number of nitrogens with two attached hydrogens (primary N) is 1. The number of aromatic hydroxyl groups is 1. The van der Waals surface area contributed by atoms with Crippen molar-refractivity contribution in [1.29, 1.82) is 0 Å². The number of phenolic OH excluding ortho intramolecular Hbond substituents is 1. The second-order valence-corrected chi connectivity index (χ2v) is 13.9. The number of carbonyl (C=O) groups is 6. The highest BCUT2D eigenvalue weighted by Crippen LogP contribution is 2.52. The number of rotatable bonds is 7. The fourth-order valence-corrected chi connectivity index (χ4v) is 8.17. The second kappa shape index (κ2) is 11.6. The number of anilines is 2. The Labute approximate surface area is 262 Å². The van der Waals surface area contributed by atoms with E-state index < -0.39 is 76.1 Å². The SMILES string of the molecule is CC(C)CN1CCC[C@H]1C(=O)Nc1cc(N(C)C)c2c(c1O)C(=O)C1C(=O)[C@]3(O)C(=O)C(C(N)=O)C(=O)[C@@H](N(C)C)[C@@H]3C[C@@H]1C2. The topological polar surface area (TPSA) is 191 Å². The molecule has 2 unspecified atom stereocenters. The average Bonchev–Trinajstić information content (AvgIpc) is 3.39. The lowest BCUT2D eigenvalue weighted by Crippen LogP contribution is -2.74. The van der Waals surface area contributed by atoms with Crippen molar-refractivity contribution in [1.82, 2.24) is 9.80 Å². The molecule has 1 aliphatic heterocycles. The maximum absolute atomic E-state index is 14.2. The van der Waals surface area contributed by atoms with Gasteiger partial charge in [0.15, 0.2) is 34.7 Å². The molecule has 1 saturated heterocycles. The highest BCUT2D eigenvalue weighted by molar-refractivity contribution is 6.32. The third-order valence-electron chi connectivity index (χ3n) is 10.0. The van der Waals surface area contributed by atoms with Crippen LogP contribution in [0.25, 0.3) is 0 Å². The van der Waals surface area contributed by atoms with Gasteiger partial charge in [-0.15, -0.1) is 0 Å². The van der Waals surface area contributed by atoms with Gasteiger partial charge in [0.05, 0.1) is 29.3 Å². The minimum absolute atomic E-state index is 0.0197. The van der Waals surface area contributed by atoms with E-state index in [0.29, 0.717) is 23.6 Å². The summed E-state index contributed by atoms with van der Waals surface area (Å²) in [5, 5.41) is 26.1. The Morgan fingerprint density at radius 1 is 1.13 bits per heavy atom. The molecule has 13 heteroatoms. The number of nitrogens with one attached hydrogen (secondary N) is 1. The average molecular weight is 626 g/mol. The van der Waals surface area contributed by atoms with Crippen LogP contribution in [-0.2, 0) is 30.4 Å². The van der Waals surface area contributed by atoms with Crippen LogP contribution >= 0.6 is 0 Å². The summed E-state index contributed by atoms with van der Waals surface area (Å²) in [6.45, 7) is 5.66. The quantitative estimate of drug-likeness (QED) is 0.236. The van der Waals surface area contributed by atoms with Gasteiger partial charge in [0.1, 0.15) is 5.75 Å². The van der Waals surface area contributed by atoms with Gasteiger partial charge in [-0.05, 0) is 69.8 Å². The number of amides is 2. The normalized spacial score (nSPS) is 31.6. The number of phenols is 1. The third-order valence-corrected chi connectivity index (χ3v) is 10.0. The van der Waals surface area contributed by atoms with Crippen molar-refractivity contribution in [3.05, 3.63) is 17.2 Å². The molecule has 2 amide bonds. The fraction of sp³-hybridized carbons (Fsp3) is 0.625. The van der Waals surface area contributed by atoms with Crippen LogP contribution in [0.15, 0.2) is 6.07 Å². The van der Waals surface area contributed by atoms with Gasteiger partial charge >= 0.3 is 0 Å². The number of likely N-dealkylation sites (tertiary alicyclic amines) is 1. The minimum Gasteiger partial charge on any atom is -0.505 e. The molecule has 5 rings (SSSR count). The minimum atomic E-state index is -2.80. The number of likely N-dealkylation sites (N-methyl/N-ethyl adjacent to an activating group) is 1. The van der Waals surface area contributed by atoms with Crippen molar-refractivity contribution in [3.63, 3.8) is 0 Å². The number of hydrogen-bond donors (Lipinski definition) is 4. The molecule has 4 aliphatic rings. The summed E-state index contributed by atoms with van der Waals surface area (Å²) in [4.78, 5) is 86.1. The van der Waals surface area contributed by atoms with Gasteiger partial charge in [-0.1, -0.05) is 13.8 Å². The van der Waals surface area contributed by atoms with E-state index in [4.69, 9.17) is 5.73 Å².